The van der Waals surface area contributed by atoms with Crippen LogP contribution < -0.4 is 15.6 Å². The number of aliphatic hydroxyl groups excluding tert-OH is 1. The average molecular weight is 560 g/mol. The number of aliphatic carboxylic acids is 1. The van der Waals surface area contributed by atoms with E-state index in [1.165, 1.54) is 23.8 Å². The number of nitrogen functional groups attached to an aromatic ring is 1. The van der Waals surface area contributed by atoms with Gasteiger partial charge in [-0.2, -0.15) is 13.9 Å². The van der Waals surface area contributed by atoms with Crippen molar-refractivity contribution in [2.45, 2.75) is 31.0 Å². The van der Waals surface area contributed by atoms with Crippen molar-refractivity contribution in [3.63, 3.8) is 0 Å². The molecule has 0 saturated carbocycles. The van der Waals surface area contributed by atoms with Crippen molar-refractivity contribution < 1.29 is 34.0 Å². The zero-order valence-corrected chi connectivity index (χ0v) is 21.8. The summed E-state index contributed by atoms with van der Waals surface area (Å²) >= 11 is 2.22. The second-order valence-corrected chi connectivity index (χ2v) is 10.4. The number of carbonyl (C=O) groups excluding carboxylic acids is 2. The van der Waals surface area contributed by atoms with Gasteiger partial charge in [0.15, 0.2) is 24.1 Å². The summed E-state index contributed by atoms with van der Waals surface area (Å²) in [6.07, 6.45) is 4.77. The molecule has 1 saturated heterocycles. The molecule has 16 heteroatoms. The van der Waals surface area contributed by atoms with E-state index in [2.05, 4.69) is 19.8 Å². The Morgan fingerprint density at radius 2 is 2.21 bits per heavy atom. The summed E-state index contributed by atoms with van der Waals surface area (Å²) in [6, 6.07) is 2.72. The minimum atomic E-state index is -1.23. The second kappa shape index (κ2) is 10.0. The Kier molecular flexibility index (Phi) is 6.77. The number of thioether (sulfide) groups is 1. The lowest BCUT2D eigenvalue weighted by Gasteiger charge is -2.49. The third-order valence-electron chi connectivity index (χ3n) is 6.08. The molecule has 198 valence electrons. The van der Waals surface area contributed by atoms with Gasteiger partial charge in [0.1, 0.15) is 29.7 Å². The van der Waals surface area contributed by atoms with E-state index in [1.807, 2.05) is 27.3 Å². The van der Waals surface area contributed by atoms with Gasteiger partial charge in [-0.15, -0.1) is 11.8 Å². The summed E-state index contributed by atoms with van der Waals surface area (Å²) in [5.41, 5.74) is 7.36. The van der Waals surface area contributed by atoms with Crippen LogP contribution in [0, 0.1) is 0 Å². The molecule has 14 nitrogen and oxygen atoms in total. The molecule has 5 N–H and O–H groups in total. The van der Waals surface area contributed by atoms with E-state index in [4.69, 9.17) is 10.6 Å². The van der Waals surface area contributed by atoms with Gasteiger partial charge in [-0.05, 0) is 19.1 Å². The quantitative estimate of drug-likeness (QED) is 0.121. The normalized spacial score (nSPS) is 20.2. The summed E-state index contributed by atoms with van der Waals surface area (Å²) in [5, 5.41) is 25.7. The minimum absolute atomic E-state index is 0.0438. The Morgan fingerprint density at radius 1 is 1.42 bits per heavy atom. The van der Waals surface area contributed by atoms with Crippen LogP contribution in [0.5, 0.6) is 0 Å². The first-order valence-corrected chi connectivity index (χ1v) is 13.1. The van der Waals surface area contributed by atoms with Gasteiger partial charge in [-0.25, -0.2) is 4.79 Å². The summed E-state index contributed by atoms with van der Waals surface area (Å²) in [4.78, 5) is 48.0. The number of oxime groups is 1. The highest BCUT2D eigenvalue weighted by Gasteiger charge is 2.54. The molecule has 0 radical (unpaired) electrons. The fourth-order valence-electron chi connectivity index (χ4n) is 4.40. The Morgan fingerprint density at radius 3 is 2.87 bits per heavy atom. The summed E-state index contributed by atoms with van der Waals surface area (Å²) in [7, 11) is 1.25. The van der Waals surface area contributed by atoms with E-state index in [9.17, 15) is 24.6 Å². The number of nitrogens with zero attached hydrogens (tertiary/aromatic N) is 6. The van der Waals surface area contributed by atoms with E-state index in [-0.39, 0.29) is 28.9 Å². The lowest BCUT2D eigenvalue weighted by Crippen LogP contribution is -2.71. The van der Waals surface area contributed by atoms with Gasteiger partial charge < -0.3 is 30.5 Å². The monoisotopic (exact) mass is 559 g/mol. The van der Waals surface area contributed by atoms with Gasteiger partial charge in [0, 0.05) is 22.9 Å². The van der Waals surface area contributed by atoms with Crippen LogP contribution in [0.3, 0.4) is 0 Å². The fourth-order valence-corrected chi connectivity index (χ4v) is 6.17. The van der Waals surface area contributed by atoms with Crippen molar-refractivity contribution in [1.82, 2.24) is 24.0 Å². The Hall–Kier alpha value is -4.02. The van der Waals surface area contributed by atoms with Crippen LogP contribution in [0.4, 0.5) is 5.13 Å². The third kappa shape index (κ3) is 4.46. The highest BCUT2D eigenvalue weighted by Crippen LogP contribution is 2.40. The number of rotatable bonds is 8. The molecule has 1 fully saturated rings. The number of nitrogens with one attached hydrogen (secondary N) is 1. The number of carbonyl (C=O) groups is 3. The van der Waals surface area contributed by atoms with Crippen LogP contribution in [0.2, 0.25) is 0 Å². The van der Waals surface area contributed by atoms with Gasteiger partial charge in [-0.3, -0.25) is 14.5 Å². The number of hydrogen-bond acceptors (Lipinski definition) is 11. The van der Waals surface area contributed by atoms with E-state index in [1.54, 1.807) is 19.3 Å². The number of aliphatic hydroxyl groups is 1. The molecule has 38 heavy (non-hydrogen) atoms. The Bertz CT molecular complexity index is 1510. The number of β-lactam (4-membered cyclic amide) rings is 1. The summed E-state index contributed by atoms with van der Waals surface area (Å²) < 4.78 is 7.63. The first-order valence-electron chi connectivity index (χ1n) is 11.3. The molecule has 2 aliphatic heterocycles. The number of anilines is 1. The van der Waals surface area contributed by atoms with Crippen LogP contribution in [-0.2, 0) is 25.8 Å². The molecule has 5 rings (SSSR count). The van der Waals surface area contributed by atoms with Crippen LogP contribution in [-0.4, -0.2) is 76.6 Å². The first kappa shape index (κ1) is 25.6. The molecule has 1 unspecified atom stereocenters. The number of amides is 2. The largest absolute Gasteiger partial charge is 0.477 e. The second-order valence-electron chi connectivity index (χ2n) is 8.53. The minimum Gasteiger partial charge on any atom is -0.477 e. The van der Waals surface area contributed by atoms with E-state index >= 15 is 0 Å². The predicted molar refractivity (Wildman–Crippen MR) is 136 cm³/mol. The molecular formula is C22H23N8O6S2+. The number of aromatic nitrogens is 4. The summed E-state index contributed by atoms with van der Waals surface area (Å²) in [5.74, 6) is -2.24. The number of hydrogen-bond donors (Lipinski definition) is 4. The number of fused-ring (bicyclic) bond motifs is 2. The zero-order chi connectivity index (χ0) is 27.1. The molecule has 0 aromatic carbocycles. The molecule has 3 atom stereocenters. The Balaban J connectivity index is 1.35. The first-order chi connectivity index (χ1) is 18.2. The smallest absolute Gasteiger partial charge is 0.352 e. The molecule has 3 aromatic heterocycles. The molecule has 0 spiro atoms. The molecule has 5 heterocycles. The zero-order valence-electron chi connectivity index (χ0n) is 20.1. The van der Waals surface area contributed by atoms with Crippen molar-refractivity contribution in [3.8, 4) is 0 Å². The maximum Gasteiger partial charge on any atom is 0.352 e. The maximum atomic E-state index is 13.1. The van der Waals surface area contributed by atoms with E-state index in [0.717, 1.165) is 22.7 Å². The van der Waals surface area contributed by atoms with Crippen LogP contribution in [0.1, 0.15) is 24.5 Å². The van der Waals surface area contributed by atoms with Crippen molar-refractivity contribution in [3.05, 3.63) is 53.5 Å². The molecule has 2 aliphatic rings. The Labute approximate surface area is 223 Å². The maximum absolute atomic E-state index is 13.1. The number of nitrogens with two attached hydrogens (primary N) is 1. The van der Waals surface area contributed by atoms with Gasteiger partial charge in [-0.1, -0.05) is 5.16 Å². The van der Waals surface area contributed by atoms with Crippen molar-refractivity contribution >= 4 is 57.4 Å². The standard InChI is InChI=1S/C22H22N8O6S2/c1-10(31)13-4-3-12-8-28(5-6-29(12)13)7-11-9-37-20-15(19(33)30(20)16(11)21(34)35)24-18(32)14(26-36-2)17-25-22(23)38-27-17/h3-6,8,10,15,20,31H,7,9H2,1-2H3,(H3-,23,24,25,27,32,34,35)/p+1/b26-14-/t10?,15-,20-/m1/s1. The third-order valence-corrected chi connectivity index (χ3v) is 7.96. The molecule has 2 amide bonds. The van der Waals surface area contributed by atoms with Crippen LogP contribution in [0.15, 0.2) is 47.1 Å². The predicted octanol–water partition coefficient (Wildman–Crippen LogP) is -0.497. The lowest BCUT2D eigenvalue weighted by molar-refractivity contribution is -0.688. The fraction of sp³-hybridized carbons (Fsp3) is 0.318. The lowest BCUT2D eigenvalue weighted by atomic mass is 10.0. The van der Waals surface area contributed by atoms with Crippen molar-refractivity contribution in [2.24, 2.45) is 5.16 Å². The topological polar surface area (TPSA) is 189 Å². The summed E-state index contributed by atoms with van der Waals surface area (Å²) in [6.45, 7) is 1.93. The average Bonchev–Trinajstić information content (AvgIpc) is 3.51. The van der Waals surface area contributed by atoms with Gasteiger partial charge in [0.2, 0.25) is 11.5 Å². The SMILES string of the molecule is CO/N=C(\C(=O)N[C@@H]1C(=O)N2C(C(=O)O)=C(C[n+]3ccn4c(C(C)O)ccc4c3)CS[C@H]12)c1nsc(N)n1. The molecule has 0 bridgehead atoms. The molecular weight excluding hydrogens is 536 g/mol. The van der Waals surface area contributed by atoms with Gasteiger partial charge in [0.25, 0.3) is 11.8 Å². The number of carboxylic acids is 1. The van der Waals surface area contributed by atoms with Crippen molar-refractivity contribution in [1.29, 1.82) is 0 Å². The highest BCUT2D eigenvalue weighted by atomic mass is 32.2. The van der Waals surface area contributed by atoms with Gasteiger partial charge >= 0.3 is 5.97 Å². The molecule has 0 aliphatic carbocycles. The number of carboxylic acid groups (broad SMARTS) is 1. The van der Waals surface area contributed by atoms with E-state index < -0.39 is 35.3 Å². The van der Waals surface area contributed by atoms with Crippen LogP contribution >= 0.6 is 23.3 Å². The van der Waals surface area contributed by atoms with Gasteiger partial charge in [0.05, 0.1) is 18.0 Å². The van der Waals surface area contributed by atoms with Crippen LogP contribution in [0.25, 0.3) is 5.52 Å². The van der Waals surface area contributed by atoms with Crippen molar-refractivity contribution in [2.75, 3.05) is 18.6 Å². The van der Waals surface area contributed by atoms with E-state index in [0.29, 0.717) is 11.3 Å². The molecule has 3 aromatic rings. The highest BCUT2D eigenvalue weighted by molar-refractivity contribution is 8.00.